The Morgan fingerprint density at radius 2 is 1.36 bits per heavy atom. The van der Waals surface area contributed by atoms with E-state index in [4.69, 9.17) is 4.74 Å². The predicted molar refractivity (Wildman–Crippen MR) is 49.7 cm³/mol. The molecule has 11 heavy (non-hydrogen) atoms. The number of hydrogen-bond donors (Lipinski definition) is 0. The topological polar surface area (TPSA) is 9.23 Å². The summed E-state index contributed by atoms with van der Waals surface area (Å²) in [6.45, 7) is 5.75. The van der Waals surface area contributed by atoms with E-state index >= 15 is 0 Å². The van der Waals surface area contributed by atoms with Gasteiger partial charge in [0.15, 0.2) is 0 Å². The summed E-state index contributed by atoms with van der Waals surface area (Å²) in [6, 6.07) is 0. The molecule has 0 fully saturated rings. The van der Waals surface area contributed by atoms with E-state index < -0.39 is 0 Å². The van der Waals surface area contributed by atoms with E-state index in [9.17, 15) is 0 Å². The molecule has 0 aliphatic carbocycles. The molecule has 0 bridgehead atoms. The van der Waals surface area contributed by atoms with Gasteiger partial charge in [-0.15, -0.1) is 0 Å². The van der Waals surface area contributed by atoms with Crippen LogP contribution in [-0.2, 0) is 4.74 Å². The van der Waals surface area contributed by atoms with Gasteiger partial charge in [-0.05, 0) is 26.7 Å². The third-order valence-electron chi connectivity index (χ3n) is 1.33. The fraction of sp³-hybridized carbons (Fsp3) is 0.600. The Bertz CT molecular complexity index is 100. The molecule has 0 aromatic heterocycles. The second-order valence-electron chi connectivity index (χ2n) is 2.33. The Kier molecular flexibility index (Phi) is 8.96. The zero-order valence-corrected chi connectivity index (χ0v) is 7.55. The Labute approximate surface area is 69.8 Å². The molecule has 0 saturated carbocycles. The summed E-state index contributed by atoms with van der Waals surface area (Å²) in [4.78, 5) is 0. The van der Waals surface area contributed by atoms with Crippen LogP contribution in [0.4, 0.5) is 0 Å². The molecule has 0 aliphatic heterocycles. The lowest BCUT2D eigenvalue weighted by Crippen LogP contribution is -1.93. The maximum absolute atomic E-state index is 5.34. The summed E-state index contributed by atoms with van der Waals surface area (Å²) in [6.07, 6.45) is 10.4. The van der Waals surface area contributed by atoms with Gasteiger partial charge in [-0.2, -0.15) is 0 Å². The van der Waals surface area contributed by atoms with E-state index in [-0.39, 0.29) is 0 Å². The maximum Gasteiger partial charge on any atom is 0.0500 e. The van der Waals surface area contributed by atoms with Crippen LogP contribution in [0.2, 0.25) is 0 Å². The molecule has 1 nitrogen and oxygen atoms in total. The summed E-state index contributed by atoms with van der Waals surface area (Å²) < 4.78 is 5.34. The number of rotatable bonds is 6. The predicted octanol–water partition coefficient (Wildman–Crippen LogP) is 2.94. The van der Waals surface area contributed by atoms with Crippen LogP contribution in [0.15, 0.2) is 24.3 Å². The van der Waals surface area contributed by atoms with Gasteiger partial charge in [0.05, 0.1) is 13.2 Å². The second-order valence-corrected chi connectivity index (χ2v) is 2.33. The van der Waals surface area contributed by atoms with E-state index in [1.54, 1.807) is 0 Å². The van der Waals surface area contributed by atoms with Gasteiger partial charge in [-0.25, -0.2) is 0 Å². The monoisotopic (exact) mass is 154 g/mol. The first-order chi connectivity index (χ1) is 5.41. The van der Waals surface area contributed by atoms with Crippen LogP contribution in [0.3, 0.4) is 0 Å². The molecule has 1 heteroatoms. The van der Waals surface area contributed by atoms with Crippen LogP contribution in [-0.4, -0.2) is 13.2 Å². The molecule has 0 unspecified atom stereocenters. The highest BCUT2D eigenvalue weighted by atomic mass is 16.5. The Morgan fingerprint density at radius 3 is 1.73 bits per heavy atom. The van der Waals surface area contributed by atoms with Crippen molar-refractivity contribution in [2.75, 3.05) is 13.2 Å². The first-order valence-electron chi connectivity index (χ1n) is 4.22. The van der Waals surface area contributed by atoms with E-state index in [1.165, 1.54) is 0 Å². The summed E-state index contributed by atoms with van der Waals surface area (Å²) in [7, 11) is 0. The molecule has 0 aromatic rings. The zero-order chi connectivity index (χ0) is 8.36. The first kappa shape index (κ1) is 10.4. The summed E-state index contributed by atoms with van der Waals surface area (Å²) in [5.41, 5.74) is 0. The lowest BCUT2D eigenvalue weighted by Gasteiger charge is -1.97. The van der Waals surface area contributed by atoms with Gasteiger partial charge in [-0.3, -0.25) is 0 Å². The Hall–Kier alpha value is -0.560. The Morgan fingerprint density at radius 1 is 0.909 bits per heavy atom. The standard InChI is InChI=1S/C10H18O/c1-3-5-7-9-11-10-8-6-4-2/h3-6H,7-10H2,1-2H3. The molecule has 0 saturated heterocycles. The fourth-order valence-electron chi connectivity index (χ4n) is 0.738. The van der Waals surface area contributed by atoms with Crippen LogP contribution in [0, 0.1) is 0 Å². The summed E-state index contributed by atoms with van der Waals surface area (Å²) in [5, 5.41) is 0. The van der Waals surface area contributed by atoms with Crippen LogP contribution in [0.5, 0.6) is 0 Å². The lowest BCUT2D eigenvalue weighted by molar-refractivity contribution is 0.143. The van der Waals surface area contributed by atoms with Crippen LogP contribution in [0.25, 0.3) is 0 Å². The summed E-state index contributed by atoms with van der Waals surface area (Å²) >= 11 is 0. The normalized spacial score (nSPS) is 11.8. The third-order valence-corrected chi connectivity index (χ3v) is 1.33. The molecule has 64 valence electrons. The molecule has 0 N–H and O–H groups in total. The van der Waals surface area contributed by atoms with Crippen molar-refractivity contribution in [3.05, 3.63) is 24.3 Å². The van der Waals surface area contributed by atoms with Gasteiger partial charge in [0.25, 0.3) is 0 Å². The van der Waals surface area contributed by atoms with Gasteiger partial charge in [0, 0.05) is 0 Å². The third kappa shape index (κ3) is 9.44. The second kappa shape index (κ2) is 9.44. The zero-order valence-electron chi connectivity index (χ0n) is 7.55. The molecule has 0 aliphatic rings. The molecular weight excluding hydrogens is 136 g/mol. The number of allylic oxidation sites excluding steroid dienone is 2. The molecule has 0 heterocycles. The minimum Gasteiger partial charge on any atom is -0.381 e. The highest BCUT2D eigenvalue weighted by Crippen LogP contribution is 1.88. The largest absolute Gasteiger partial charge is 0.381 e. The van der Waals surface area contributed by atoms with Crippen LogP contribution in [0.1, 0.15) is 26.7 Å². The van der Waals surface area contributed by atoms with Crippen LogP contribution >= 0.6 is 0 Å². The van der Waals surface area contributed by atoms with Crippen molar-refractivity contribution < 1.29 is 4.74 Å². The van der Waals surface area contributed by atoms with Crippen molar-refractivity contribution in [2.24, 2.45) is 0 Å². The lowest BCUT2D eigenvalue weighted by atomic mass is 10.4. The van der Waals surface area contributed by atoms with Crippen molar-refractivity contribution >= 4 is 0 Å². The van der Waals surface area contributed by atoms with Gasteiger partial charge < -0.3 is 4.74 Å². The molecule has 0 amide bonds. The van der Waals surface area contributed by atoms with Crippen molar-refractivity contribution in [1.29, 1.82) is 0 Å². The molecule has 0 spiro atoms. The minimum atomic E-state index is 0.849. The average Bonchev–Trinajstić information content (AvgIpc) is 2.03. The minimum absolute atomic E-state index is 0.849. The van der Waals surface area contributed by atoms with Gasteiger partial charge in [-0.1, -0.05) is 24.3 Å². The number of ether oxygens (including phenoxy) is 1. The van der Waals surface area contributed by atoms with E-state index in [0.29, 0.717) is 0 Å². The van der Waals surface area contributed by atoms with E-state index in [0.717, 1.165) is 26.1 Å². The maximum atomic E-state index is 5.34. The average molecular weight is 154 g/mol. The Balaban J connectivity index is 2.90. The van der Waals surface area contributed by atoms with Crippen LogP contribution < -0.4 is 0 Å². The van der Waals surface area contributed by atoms with Crippen molar-refractivity contribution in [3.8, 4) is 0 Å². The van der Waals surface area contributed by atoms with Gasteiger partial charge in [0.2, 0.25) is 0 Å². The molecule has 0 radical (unpaired) electrons. The molecule has 0 atom stereocenters. The highest BCUT2D eigenvalue weighted by Gasteiger charge is 1.82. The van der Waals surface area contributed by atoms with Crippen molar-refractivity contribution in [2.45, 2.75) is 26.7 Å². The van der Waals surface area contributed by atoms with Crippen molar-refractivity contribution in [1.82, 2.24) is 0 Å². The molecule has 0 aromatic carbocycles. The fourth-order valence-corrected chi connectivity index (χ4v) is 0.738. The van der Waals surface area contributed by atoms with E-state index in [1.807, 2.05) is 13.8 Å². The van der Waals surface area contributed by atoms with Gasteiger partial charge >= 0.3 is 0 Å². The molecule has 0 rings (SSSR count). The van der Waals surface area contributed by atoms with E-state index in [2.05, 4.69) is 24.3 Å². The SMILES string of the molecule is CC=CCCOCCC=CC. The van der Waals surface area contributed by atoms with Gasteiger partial charge in [0.1, 0.15) is 0 Å². The summed E-state index contributed by atoms with van der Waals surface area (Å²) in [5.74, 6) is 0. The molecular formula is C10H18O. The smallest absolute Gasteiger partial charge is 0.0500 e. The number of hydrogen-bond acceptors (Lipinski definition) is 1. The van der Waals surface area contributed by atoms with Crippen molar-refractivity contribution in [3.63, 3.8) is 0 Å². The highest BCUT2D eigenvalue weighted by molar-refractivity contribution is 4.77. The first-order valence-corrected chi connectivity index (χ1v) is 4.22. The quantitative estimate of drug-likeness (QED) is 0.422.